The SMILES string of the molecule is Cc1ccc(F)c(NC(=O)C(F)(F)F)c1C[P+](c1ccccc1)(c1ccccc1)c1ccccc1. The first-order chi connectivity index (χ1) is 16.7. The molecular weight excluding hydrogens is 473 g/mol. The second kappa shape index (κ2) is 10.0. The molecule has 0 radical (unpaired) electrons. The number of carbonyl (C=O) groups excluding carboxylic acids is 1. The van der Waals surface area contributed by atoms with Crippen molar-refractivity contribution in [2.45, 2.75) is 19.3 Å². The lowest BCUT2D eigenvalue weighted by molar-refractivity contribution is -0.167. The maximum absolute atomic E-state index is 15.0. The van der Waals surface area contributed by atoms with Crippen molar-refractivity contribution in [1.29, 1.82) is 0 Å². The van der Waals surface area contributed by atoms with Crippen LogP contribution in [-0.2, 0) is 11.0 Å². The number of hydrogen-bond donors (Lipinski definition) is 1. The molecule has 4 rings (SSSR count). The van der Waals surface area contributed by atoms with Crippen molar-refractivity contribution in [2.24, 2.45) is 0 Å². The highest BCUT2D eigenvalue weighted by Gasteiger charge is 2.47. The zero-order valence-corrected chi connectivity index (χ0v) is 19.8. The van der Waals surface area contributed by atoms with Gasteiger partial charge in [-0.05, 0) is 55.0 Å². The third kappa shape index (κ3) is 4.98. The molecule has 0 aliphatic carbocycles. The lowest BCUT2D eigenvalue weighted by atomic mass is 10.1. The minimum absolute atomic E-state index is 0.224. The Hall–Kier alpha value is -3.50. The van der Waals surface area contributed by atoms with Gasteiger partial charge in [-0.3, -0.25) is 4.79 Å². The molecule has 0 aliphatic heterocycles. The van der Waals surface area contributed by atoms with Gasteiger partial charge >= 0.3 is 12.1 Å². The van der Waals surface area contributed by atoms with E-state index in [-0.39, 0.29) is 6.16 Å². The number of amides is 1. The van der Waals surface area contributed by atoms with Gasteiger partial charge in [0, 0.05) is 5.56 Å². The van der Waals surface area contributed by atoms with E-state index in [2.05, 4.69) is 0 Å². The van der Waals surface area contributed by atoms with E-state index in [1.165, 1.54) is 6.07 Å². The quantitative estimate of drug-likeness (QED) is 0.253. The van der Waals surface area contributed by atoms with Crippen LogP contribution in [0.15, 0.2) is 103 Å². The molecule has 35 heavy (non-hydrogen) atoms. The normalized spacial score (nSPS) is 11.8. The summed E-state index contributed by atoms with van der Waals surface area (Å²) in [4.78, 5) is 11.8. The molecule has 0 aromatic heterocycles. The maximum Gasteiger partial charge on any atom is 0.471 e. The number of rotatable bonds is 6. The Morgan fingerprint density at radius 3 is 1.57 bits per heavy atom. The summed E-state index contributed by atoms with van der Waals surface area (Å²) in [6.07, 6.45) is -4.92. The molecular formula is C28H23F4NOP+. The monoisotopic (exact) mass is 496 g/mol. The topological polar surface area (TPSA) is 29.1 Å². The van der Waals surface area contributed by atoms with Crippen molar-refractivity contribution >= 4 is 34.8 Å². The first-order valence-electron chi connectivity index (χ1n) is 10.9. The number of carbonyl (C=O) groups is 1. The second-order valence-electron chi connectivity index (χ2n) is 8.14. The average molecular weight is 496 g/mol. The number of halogens is 4. The predicted molar refractivity (Wildman–Crippen MR) is 135 cm³/mol. The molecule has 0 spiro atoms. The Kier molecular flexibility index (Phi) is 7.04. The molecule has 178 valence electrons. The Balaban J connectivity index is 2.00. The summed E-state index contributed by atoms with van der Waals surface area (Å²) in [5.74, 6) is -3.11. The minimum atomic E-state index is -5.14. The van der Waals surface area contributed by atoms with Gasteiger partial charge < -0.3 is 5.32 Å². The minimum Gasteiger partial charge on any atom is -0.315 e. The van der Waals surface area contributed by atoms with Gasteiger partial charge in [0.1, 0.15) is 35.2 Å². The molecule has 0 heterocycles. The number of anilines is 1. The van der Waals surface area contributed by atoms with E-state index >= 15 is 0 Å². The molecule has 0 aliphatic rings. The van der Waals surface area contributed by atoms with Crippen molar-refractivity contribution in [1.82, 2.24) is 0 Å². The fourth-order valence-electron chi connectivity index (χ4n) is 4.25. The van der Waals surface area contributed by atoms with Gasteiger partial charge in [-0.1, -0.05) is 60.7 Å². The van der Waals surface area contributed by atoms with Crippen molar-refractivity contribution in [3.8, 4) is 0 Å². The van der Waals surface area contributed by atoms with E-state index < -0.39 is 30.9 Å². The molecule has 1 N–H and O–H groups in total. The van der Waals surface area contributed by atoms with E-state index in [4.69, 9.17) is 0 Å². The van der Waals surface area contributed by atoms with Crippen molar-refractivity contribution in [3.63, 3.8) is 0 Å². The highest BCUT2D eigenvalue weighted by molar-refractivity contribution is 7.95. The average Bonchev–Trinajstić information content (AvgIpc) is 2.87. The predicted octanol–water partition coefficient (Wildman–Crippen LogP) is 6.13. The molecule has 0 atom stereocenters. The van der Waals surface area contributed by atoms with Crippen LogP contribution in [0.5, 0.6) is 0 Å². The molecule has 0 saturated heterocycles. The van der Waals surface area contributed by atoms with Gasteiger partial charge in [0.2, 0.25) is 0 Å². The number of benzene rings is 4. The summed E-state index contributed by atoms with van der Waals surface area (Å²) in [6, 6.07) is 31.8. The number of hydrogen-bond acceptors (Lipinski definition) is 1. The molecule has 0 saturated carbocycles. The van der Waals surface area contributed by atoms with E-state index in [1.807, 2.05) is 96.3 Å². The zero-order valence-electron chi connectivity index (χ0n) is 18.9. The van der Waals surface area contributed by atoms with Gasteiger partial charge in [0.15, 0.2) is 0 Å². The standard InChI is InChI=1S/C28H22F4NOP/c1-20-17-18-25(29)26(33-27(34)28(30,31)32)24(20)19-35(21-11-5-2-6-12-21,22-13-7-3-8-14-22)23-15-9-4-10-16-23/h2-18H,19H2,1H3/p+1. The van der Waals surface area contributed by atoms with Crippen LogP contribution in [0.25, 0.3) is 0 Å². The van der Waals surface area contributed by atoms with Crippen molar-refractivity contribution in [3.05, 3.63) is 120 Å². The Morgan fingerprint density at radius 2 is 1.17 bits per heavy atom. The third-order valence-electron chi connectivity index (χ3n) is 5.98. The van der Waals surface area contributed by atoms with Crippen LogP contribution in [-0.4, -0.2) is 12.1 Å². The Bertz CT molecular complexity index is 1210. The fraction of sp³-hybridized carbons (Fsp3) is 0.107. The van der Waals surface area contributed by atoms with Crippen LogP contribution in [0.3, 0.4) is 0 Å². The van der Waals surface area contributed by atoms with Crippen molar-refractivity contribution < 1.29 is 22.4 Å². The van der Waals surface area contributed by atoms with Crippen molar-refractivity contribution in [2.75, 3.05) is 5.32 Å². The van der Waals surface area contributed by atoms with E-state index in [0.29, 0.717) is 11.1 Å². The summed E-state index contributed by atoms with van der Waals surface area (Å²) in [5, 5.41) is 4.80. The van der Waals surface area contributed by atoms with Gasteiger partial charge in [-0.15, -0.1) is 0 Å². The largest absolute Gasteiger partial charge is 0.471 e. The van der Waals surface area contributed by atoms with Gasteiger partial charge in [0.25, 0.3) is 0 Å². The highest BCUT2D eigenvalue weighted by Crippen LogP contribution is 2.59. The van der Waals surface area contributed by atoms with E-state index in [0.717, 1.165) is 22.0 Å². The molecule has 0 unspecified atom stereocenters. The first kappa shape index (κ1) is 24.6. The molecule has 2 nitrogen and oxygen atoms in total. The number of alkyl halides is 3. The zero-order chi connectivity index (χ0) is 25.1. The fourth-order valence-corrected chi connectivity index (χ4v) is 8.62. The second-order valence-corrected chi connectivity index (χ2v) is 11.6. The summed E-state index contributed by atoms with van der Waals surface area (Å²) in [5.41, 5.74) is 0.503. The molecule has 0 fully saturated rings. The number of nitrogens with one attached hydrogen (secondary N) is 1. The van der Waals surface area contributed by atoms with Crippen LogP contribution >= 0.6 is 7.26 Å². The van der Waals surface area contributed by atoms with Crippen LogP contribution < -0.4 is 21.2 Å². The van der Waals surface area contributed by atoms with Gasteiger partial charge in [0.05, 0.1) is 5.69 Å². The van der Waals surface area contributed by atoms with Crippen LogP contribution in [0.1, 0.15) is 11.1 Å². The first-order valence-corrected chi connectivity index (χ1v) is 12.9. The lowest BCUT2D eigenvalue weighted by Gasteiger charge is -2.29. The highest BCUT2D eigenvalue weighted by atomic mass is 31.2. The summed E-state index contributed by atoms with van der Waals surface area (Å²) >= 11 is 0. The maximum atomic E-state index is 15.0. The molecule has 7 heteroatoms. The van der Waals surface area contributed by atoms with Gasteiger partial charge in [-0.25, -0.2) is 4.39 Å². The summed E-state index contributed by atoms with van der Waals surface area (Å²) in [6.45, 7) is 1.72. The smallest absolute Gasteiger partial charge is 0.315 e. The molecule has 4 aromatic rings. The van der Waals surface area contributed by atoms with E-state index in [9.17, 15) is 22.4 Å². The summed E-state index contributed by atoms with van der Waals surface area (Å²) < 4.78 is 54.3. The molecule has 4 aromatic carbocycles. The van der Waals surface area contributed by atoms with E-state index in [1.54, 1.807) is 6.92 Å². The number of aryl methyl sites for hydroxylation is 1. The third-order valence-corrected chi connectivity index (χ3v) is 10.3. The van der Waals surface area contributed by atoms with Crippen LogP contribution in [0.4, 0.5) is 23.2 Å². The Labute approximate surface area is 202 Å². The molecule has 1 amide bonds. The van der Waals surface area contributed by atoms with Gasteiger partial charge in [-0.2, -0.15) is 13.2 Å². The van der Waals surface area contributed by atoms with Crippen LogP contribution in [0.2, 0.25) is 0 Å². The molecule has 0 bridgehead atoms. The lowest BCUT2D eigenvalue weighted by Crippen LogP contribution is -2.34. The van der Waals surface area contributed by atoms with Crippen LogP contribution in [0, 0.1) is 12.7 Å². The Morgan fingerprint density at radius 1 is 0.743 bits per heavy atom. The summed E-state index contributed by atoms with van der Waals surface area (Å²) in [7, 11) is -2.53.